The zero-order valence-electron chi connectivity index (χ0n) is 14.1. The summed E-state index contributed by atoms with van der Waals surface area (Å²) >= 11 is 12.1. The zero-order valence-corrected chi connectivity index (χ0v) is 15.6. The summed E-state index contributed by atoms with van der Waals surface area (Å²) in [5, 5.41) is 8.25. The molecule has 1 N–H and O–H groups in total. The number of hydrogen-bond donors (Lipinski definition) is 1. The minimum atomic E-state index is -0.247. The predicted molar refractivity (Wildman–Crippen MR) is 103 cm³/mol. The molecule has 1 amide bonds. The molecule has 0 atom stereocenters. The third-order valence-electron chi connectivity index (χ3n) is 3.75. The molecule has 7 heteroatoms. The fourth-order valence-electron chi connectivity index (χ4n) is 2.46. The second kappa shape index (κ2) is 8.36. The minimum absolute atomic E-state index is 0.247. The number of carbonyl (C=O) groups is 1. The number of carbonyl (C=O) groups excluding carboxylic acids is 1. The highest BCUT2D eigenvalue weighted by Gasteiger charge is 2.18. The van der Waals surface area contributed by atoms with E-state index in [1.165, 1.54) is 0 Å². The molecular formula is C19H17Cl2N3O2. The Labute approximate surface area is 161 Å². The normalized spacial score (nSPS) is 10.7. The molecule has 0 spiro atoms. The van der Waals surface area contributed by atoms with E-state index in [-0.39, 0.29) is 5.91 Å². The van der Waals surface area contributed by atoms with Gasteiger partial charge >= 0.3 is 0 Å². The third kappa shape index (κ3) is 4.07. The highest BCUT2D eigenvalue weighted by Crippen LogP contribution is 2.27. The molecule has 2 aromatic carbocycles. The molecule has 26 heavy (non-hydrogen) atoms. The zero-order chi connectivity index (χ0) is 18.5. The van der Waals surface area contributed by atoms with Gasteiger partial charge in [0, 0.05) is 19.2 Å². The van der Waals surface area contributed by atoms with Gasteiger partial charge in [-0.1, -0.05) is 53.5 Å². The molecule has 0 saturated carbocycles. The molecule has 0 unspecified atom stereocenters. The SMILES string of the molecule is COCCNC(=O)c1cc(-c2ccccc2)nn1-c1ccc(Cl)c(Cl)c1. The van der Waals surface area contributed by atoms with Crippen LogP contribution in [0, 0.1) is 0 Å². The molecule has 0 bridgehead atoms. The lowest BCUT2D eigenvalue weighted by molar-refractivity contribution is 0.0929. The van der Waals surface area contributed by atoms with Crippen LogP contribution in [0.2, 0.25) is 10.0 Å². The van der Waals surface area contributed by atoms with Crippen molar-refractivity contribution in [3.8, 4) is 16.9 Å². The number of nitrogens with one attached hydrogen (secondary N) is 1. The number of ether oxygens (including phenoxy) is 1. The number of amides is 1. The van der Waals surface area contributed by atoms with Crippen molar-refractivity contribution in [1.29, 1.82) is 0 Å². The van der Waals surface area contributed by atoms with Gasteiger partial charge in [-0.05, 0) is 24.3 Å². The van der Waals surface area contributed by atoms with Crippen molar-refractivity contribution in [1.82, 2.24) is 15.1 Å². The number of rotatable bonds is 6. The smallest absolute Gasteiger partial charge is 0.270 e. The maximum absolute atomic E-state index is 12.6. The van der Waals surface area contributed by atoms with Crippen LogP contribution < -0.4 is 5.32 Å². The lowest BCUT2D eigenvalue weighted by atomic mass is 10.1. The van der Waals surface area contributed by atoms with Gasteiger partial charge in [-0.15, -0.1) is 0 Å². The Morgan fingerprint density at radius 2 is 1.88 bits per heavy atom. The first kappa shape index (κ1) is 18.5. The van der Waals surface area contributed by atoms with Crippen molar-refractivity contribution in [2.45, 2.75) is 0 Å². The van der Waals surface area contributed by atoms with Gasteiger partial charge in [0.15, 0.2) is 0 Å². The van der Waals surface area contributed by atoms with Gasteiger partial charge in [-0.3, -0.25) is 4.79 Å². The van der Waals surface area contributed by atoms with Gasteiger partial charge in [-0.2, -0.15) is 5.10 Å². The summed E-state index contributed by atoms with van der Waals surface area (Å²) in [5.74, 6) is -0.247. The van der Waals surface area contributed by atoms with Crippen LogP contribution in [-0.2, 0) is 4.74 Å². The van der Waals surface area contributed by atoms with E-state index in [4.69, 9.17) is 27.9 Å². The van der Waals surface area contributed by atoms with E-state index in [0.717, 1.165) is 5.56 Å². The minimum Gasteiger partial charge on any atom is -0.383 e. The Morgan fingerprint density at radius 1 is 1.12 bits per heavy atom. The van der Waals surface area contributed by atoms with E-state index in [1.54, 1.807) is 36.1 Å². The molecule has 3 aromatic rings. The second-order valence-corrected chi connectivity index (χ2v) is 6.35. The molecule has 5 nitrogen and oxygen atoms in total. The molecule has 3 rings (SSSR count). The average molecular weight is 390 g/mol. The van der Waals surface area contributed by atoms with E-state index in [9.17, 15) is 4.79 Å². The summed E-state index contributed by atoms with van der Waals surface area (Å²) < 4.78 is 6.54. The highest BCUT2D eigenvalue weighted by atomic mass is 35.5. The predicted octanol–water partition coefficient (Wildman–Crippen LogP) is 4.22. The number of aromatic nitrogens is 2. The number of nitrogens with zero attached hydrogens (tertiary/aromatic N) is 2. The van der Waals surface area contributed by atoms with Gasteiger partial charge in [-0.25, -0.2) is 4.68 Å². The van der Waals surface area contributed by atoms with Gasteiger partial charge in [0.05, 0.1) is 28.0 Å². The monoisotopic (exact) mass is 389 g/mol. The molecule has 1 heterocycles. The van der Waals surface area contributed by atoms with Gasteiger partial charge in [0.25, 0.3) is 5.91 Å². The quantitative estimate of drug-likeness (QED) is 0.642. The molecule has 0 aliphatic carbocycles. The van der Waals surface area contributed by atoms with Crippen molar-refractivity contribution < 1.29 is 9.53 Å². The van der Waals surface area contributed by atoms with Gasteiger partial charge in [0.2, 0.25) is 0 Å². The summed E-state index contributed by atoms with van der Waals surface area (Å²) in [5.41, 5.74) is 2.66. The molecule has 1 aromatic heterocycles. The lowest BCUT2D eigenvalue weighted by Gasteiger charge is -2.09. The lowest BCUT2D eigenvalue weighted by Crippen LogP contribution is -2.28. The first-order valence-corrected chi connectivity index (χ1v) is 8.74. The van der Waals surface area contributed by atoms with Crippen LogP contribution in [0.25, 0.3) is 16.9 Å². The van der Waals surface area contributed by atoms with E-state index < -0.39 is 0 Å². The Kier molecular flexibility index (Phi) is 5.93. The van der Waals surface area contributed by atoms with Crippen molar-refractivity contribution in [2.75, 3.05) is 20.3 Å². The third-order valence-corrected chi connectivity index (χ3v) is 4.49. The van der Waals surface area contributed by atoms with Crippen molar-refractivity contribution in [3.05, 3.63) is 70.3 Å². The van der Waals surface area contributed by atoms with E-state index >= 15 is 0 Å². The maximum Gasteiger partial charge on any atom is 0.270 e. The van der Waals surface area contributed by atoms with Crippen molar-refractivity contribution in [3.63, 3.8) is 0 Å². The maximum atomic E-state index is 12.6. The van der Waals surface area contributed by atoms with Crippen LogP contribution in [0.4, 0.5) is 0 Å². The van der Waals surface area contributed by atoms with Crippen LogP contribution in [0.15, 0.2) is 54.6 Å². The summed E-state index contributed by atoms with van der Waals surface area (Å²) in [6.07, 6.45) is 0. The first-order valence-electron chi connectivity index (χ1n) is 7.98. The van der Waals surface area contributed by atoms with Crippen LogP contribution in [-0.4, -0.2) is 35.9 Å². The number of benzene rings is 2. The summed E-state index contributed by atoms with van der Waals surface area (Å²) in [4.78, 5) is 12.6. The van der Waals surface area contributed by atoms with Crippen LogP contribution in [0.3, 0.4) is 0 Å². The van der Waals surface area contributed by atoms with Crippen LogP contribution >= 0.6 is 23.2 Å². The number of hydrogen-bond acceptors (Lipinski definition) is 3. The topological polar surface area (TPSA) is 56.1 Å². The Bertz CT molecular complexity index is 910. The molecule has 0 fully saturated rings. The van der Waals surface area contributed by atoms with Crippen molar-refractivity contribution >= 4 is 29.1 Å². The van der Waals surface area contributed by atoms with Gasteiger partial charge in [0.1, 0.15) is 5.69 Å². The fourth-order valence-corrected chi connectivity index (χ4v) is 2.76. The number of methoxy groups -OCH3 is 1. The van der Waals surface area contributed by atoms with Crippen LogP contribution in [0.5, 0.6) is 0 Å². The first-order chi connectivity index (χ1) is 12.6. The molecule has 0 saturated heterocycles. The Balaban J connectivity index is 2.03. The molecule has 0 aliphatic rings. The van der Waals surface area contributed by atoms with E-state index in [1.807, 2.05) is 30.3 Å². The van der Waals surface area contributed by atoms with Gasteiger partial charge < -0.3 is 10.1 Å². The second-order valence-electron chi connectivity index (χ2n) is 5.54. The highest BCUT2D eigenvalue weighted by molar-refractivity contribution is 6.42. The van der Waals surface area contributed by atoms with E-state index in [2.05, 4.69) is 10.4 Å². The van der Waals surface area contributed by atoms with Crippen LogP contribution in [0.1, 0.15) is 10.5 Å². The Hall–Kier alpha value is -2.34. The van der Waals surface area contributed by atoms with E-state index in [0.29, 0.717) is 40.3 Å². The summed E-state index contributed by atoms with van der Waals surface area (Å²) in [6, 6.07) is 16.5. The average Bonchev–Trinajstić information content (AvgIpc) is 3.10. The standard InChI is InChI=1S/C19H17Cl2N3O2/c1-26-10-9-22-19(25)18-12-17(13-5-3-2-4-6-13)23-24(18)14-7-8-15(20)16(21)11-14/h2-8,11-12H,9-10H2,1H3,(H,22,25). The molecule has 0 aliphatic heterocycles. The van der Waals surface area contributed by atoms with Crippen molar-refractivity contribution in [2.24, 2.45) is 0 Å². The number of halogens is 2. The summed E-state index contributed by atoms with van der Waals surface area (Å²) in [7, 11) is 1.58. The molecular weight excluding hydrogens is 373 g/mol. The molecule has 0 radical (unpaired) electrons. The summed E-state index contributed by atoms with van der Waals surface area (Å²) in [6.45, 7) is 0.834. The molecule has 134 valence electrons. The fraction of sp³-hybridized carbons (Fsp3) is 0.158. The Morgan fingerprint density at radius 3 is 2.58 bits per heavy atom. The largest absolute Gasteiger partial charge is 0.383 e.